The summed E-state index contributed by atoms with van der Waals surface area (Å²) in [5.74, 6) is -2.83. The Labute approximate surface area is 308 Å². The number of ether oxygens (including phenoxy) is 1. The molecule has 0 unspecified atom stereocenters. The molecule has 1 aromatic heterocycles. The van der Waals surface area contributed by atoms with Crippen molar-refractivity contribution in [3.05, 3.63) is 40.2 Å². The zero-order chi connectivity index (χ0) is 41.5. The van der Waals surface area contributed by atoms with Crippen molar-refractivity contribution in [2.75, 3.05) is 18.8 Å². The summed E-state index contributed by atoms with van der Waals surface area (Å²) < 4.78 is 9.97. The van der Waals surface area contributed by atoms with Crippen LogP contribution in [-0.4, -0.2) is 88.1 Å². The third kappa shape index (κ3) is 26.8. The van der Waals surface area contributed by atoms with Gasteiger partial charge in [0.2, 0.25) is 0 Å². The Hall–Kier alpha value is -5.63. The molecule has 0 fully saturated rings. The maximum Gasteiger partial charge on any atom is 0.408 e. The van der Waals surface area contributed by atoms with Gasteiger partial charge in [0.05, 0.1) is 0 Å². The lowest BCUT2D eigenvalue weighted by atomic mass is 10.0. The number of rotatable bonds is 14. The Morgan fingerprint density at radius 3 is 1.70 bits per heavy atom. The number of aliphatic carboxylic acids is 3. The quantitative estimate of drug-likeness (QED) is 0.0413. The number of alkyl carbamates (subject to hydrolysis) is 1. The number of anilines is 1. The molecular weight excluding hydrogens is 696 g/mol. The zero-order valence-electron chi connectivity index (χ0n) is 31.2. The topological polar surface area (TPSA) is 387 Å². The Kier molecular flexibility index (Phi) is 23.7. The first-order valence-electron chi connectivity index (χ1n) is 16.5. The molecule has 53 heavy (non-hydrogen) atoms. The molecule has 20 heteroatoms. The second-order valence-electron chi connectivity index (χ2n) is 13.0. The van der Waals surface area contributed by atoms with E-state index in [-0.39, 0.29) is 23.5 Å². The van der Waals surface area contributed by atoms with E-state index in [1.165, 1.54) is 6.07 Å². The first-order valence-corrected chi connectivity index (χ1v) is 16.5. The van der Waals surface area contributed by atoms with Crippen molar-refractivity contribution in [3.63, 3.8) is 0 Å². The van der Waals surface area contributed by atoms with Crippen LogP contribution in [-0.2, 0) is 19.1 Å². The van der Waals surface area contributed by atoms with Gasteiger partial charge in [-0.15, -0.1) is 0 Å². The van der Waals surface area contributed by atoms with E-state index in [1.807, 2.05) is 26.8 Å². The molecule has 0 radical (unpaired) electrons. The monoisotopic (exact) mass is 754 g/mol. The number of nitrogens with one attached hydrogen (secondary N) is 1. The van der Waals surface area contributed by atoms with E-state index in [1.54, 1.807) is 32.9 Å². The highest BCUT2D eigenvalue weighted by molar-refractivity contribution is 5.83. The number of nitrogens with zero attached hydrogens (tertiary/aromatic N) is 2. The number of hydrogen-bond acceptors (Lipinski definition) is 12. The number of aryl methyl sites for hydroxylation is 1. The largest absolute Gasteiger partial charge is 0.480 e. The Bertz CT molecular complexity index is 1520. The lowest BCUT2D eigenvalue weighted by Crippen LogP contribution is -2.44. The van der Waals surface area contributed by atoms with Crippen LogP contribution in [0.15, 0.2) is 43.5 Å². The van der Waals surface area contributed by atoms with Crippen LogP contribution in [0.4, 0.5) is 10.5 Å². The number of amides is 1. The highest BCUT2D eigenvalue weighted by Gasteiger charge is 2.24. The van der Waals surface area contributed by atoms with E-state index in [4.69, 9.17) is 64.6 Å². The minimum Gasteiger partial charge on any atom is -0.480 e. The molecule has 0 aliphatic heterocycles. The summed E-state index contributed by atoms with van der Waals surface area (Å²) in [4.78, 5) is 61.0. The summed E-state index contributed by atoms with van der Waals surface area (Å²) >= 11 is 0. The van der Waals surface area contributed by atoms with Crippen molar-refractivity contribution in [1.82, 2.24) is 5.32 Å². The van der Waals surface area contributed by atoms with Gasteiger partial charge in [-0.05, 0) is 83.4 Å². The fourth-order valence-corrected chi connectivity index (χ4v) is 3.77. The first-order chi connectivity index (χ1) is 24.4. The fraction of sp³-hybridized carbons (Fsp3) is 0.545. The van der Waals surface area contributed by atoms with E-state index in [9.17, 15) is 24.0 Å². The van der Waals surface area contributed by atoms with Gasteiger partial charge in [-0.3, -0.25) is 19.6 Å². The van der Waals surface area contributed by atoms with Crippen molar-refractivity contribution in [2.24, 2.45) is 50.3 Å². The number of carboxylic acids is 3. The summed E-state index contributed by atoms with van der Waals surface area (Å²) in [7, 11) is 0. The van der Waals surface area contributed by atoms with Crippen LogP contribution in [0, 0.1) is 12.8 Å². The van der Waals surface area contributed by atoms with E-state index in [0.29, 0.717) is 56.5 Å². The van der Waals surface area contributed by atoms with Gasteiger partial charge in [0.15, 0.2) is 11.9 Å². The van der Waals surface area contributed by atoms with Gasteiger partial charge < -0.3 is 69.9 Å². The van der Waals surface area contributed by atoms with Gasteiger partial charge in [-0.1, -0.05) is 13.8 Å². The van der Waals surface area contributed by atoms with Crippen molar-refractivity contribution in [3.8, 4) is 0 Å². The second-order valence-corrected chi connectivity index (χ2v) is 13.0. The number of carbonyl (C=O) groups excluding carboxylic acids is 1. The molecule has 0 aliphatic carbocycles. The highest BCUT2D eigenvalue weighted by Crippen LogP contribution is 2.18. The molecular formula is C33H58N10O10. The minimum absolute atomic E-state index is 0.0129. The van der Waals surface area contributed by atoms with Crippen LogP contribution < -0.4 is 51.1 Å². The van der Waals surface area contributed by atoms with Crippen LogP contribution in [0.1, 0.15) is 72.3 Å². The molecule has 1 amide bonds. The van der Waals surface area contributed by atoms with Crippen LogP contribution in [0.25, 0.3) is 11.0 Å². The Balaban J connectivity index is 0. The third-order valence-electron chi connectivity index (χ3n) is 6.24. The number of benzene rings is 1. The molecule has 300 valence electrons. The summed E-state index contributed by atoms with van der Waals surface area (Å²) in [6.45, 7) is 11.7. The van der Waals surface area contributed by atoms with Gasteiger partial charge in [-0.2, -0.15) is 0 Å². The minimum atomic E-state index is -1.04. The summed E-state index contributed by atoms with van der Waals surface area (Å²) in [5, 5.41) is 28.9. The van der Waals surface area contributed by atoms with Crippen molar-refractivity contribution in [1.29, 1.82) is 0 Å². The maximum absolute atomic E-state index is 11.4. The number of nitrogen functional groups attached to an aromatic ring is 1. The number of carboxylic acid groups (broad SMARTS) is 3. The van der Waals surface area contributed by atoms with Gasteiger partial charge in [0, 0.05) is 36.3 Å². The molecule has 0 aliphatic rings. The number of guanidine groups is 2. The SMILES string of the molecule is CC(C)C[C@H](NC(=O)OC(C)(C)C)C(=O)O.Cc1cc(=O)oc2cc(N)ccc12.NC(N)=NCCC[C@H](N)C(=O)O.NC(N)=NCCC[C@H](N)C(=O)O. The second kappa shape index (κ2) is 25.3. The number of nitrogens with two attached hydrogens (primary N) is 7. The van der Waals surface area contributed by atoms with E-state index >= 15 is 0 Å². The highest BCUT2D eigenvalue weighted by atomic mass is 16.6. The normalized spacial score (nSPS) is 12.1. The zero-order valence-corrected chi connectivity index (χ0v) is 31.2. The molecule has 0 bridgehead atoms. The fourth-order valence-electron chi connectivity index (χ4n) is 3.77. The first kappa shape index (κ1) is 49.5. The third-order valence-corrected chi connectivity index (χ3v) is 6.24. The van der Waals surface area contributed by atoms with Crippen molar-refractivity contribution in [2.45, 2.75) is 97.4 Å². The van der Waals surface area contributed by atoms with Crippen LogP contribution >= 0.6 is 0 Å². The molecule has 20 nitrogen and oxygen atoms in total. The van der Waals surface area contributed by atoms with E-state index in [2.05, 4.69) is 15.3 Å². The van der Waals surface area contributed by atoms with Gasteiger partial charge in [-0.25, -0.2) is 14.4 Å². The van der Waals surface area contributed by atoms with Crippen LogP contribution in [0.3, 0.4) is 0 Å². The molecule has 0 saturated carbocycles. The molecule has 0 spiro atoms. The summed E-state index contributed by atoms with van der Waals surface area (Å²) in [6, 6.07) is 4.23. The molecule has 1 aromatic carbocycles. The predicted molar refractivity (Wildman–Crippen MR) is 203 cm³/mol. The van der Waals surface area contributed by atoms with Gasteiger partial charge >= 0.3 is 29.6 Å². The van der Waals surface area contributed by atoms with E-state index < -0.39 is 47.7 Å². The molecule has 1 heterocycles. The molecule has 2 aromatic rings. The summed E-state index contributed by atoms with van der Waals surface area (Å²) in [5.41, 5.74) is 37.3. The summed E-state index contributed by atoms with van der Waals surface area (Å²) in [6.07, 6.45) is 1.60. The number of carbonyl (C=O) groups is 4. The average molecular weight is 755 g/mol. The maximum atomic E-state index is 11.4. The molecule has 18 N–H and O–H groups in total. The van der Waals surface area contributed by atoms with Crippen LogP contribution in [0.5, 0.6) is 0 Å². The van der Waals surface area contributed by atoms with Gasteiger partial charge in [0.1, 0.15) is 29.3 Å². The van der Waals surface area contributed by atoms with E-state index in [0.717, 1.165) is 10.9 Å². The Morgan fingerprint density at radius 1 is 0.849 bits per heavy atom. The number of hydrogen-bond donors (Lipinski definition) is 11. The smallest absolute Gasteiger partial charge is 0.408 e. The predicted octanol–water partition coefficient (Wildman–Crippen LogP) is 0.598. The molecule has 2 rings (SSSR count). The molecule has 3 atom stereocenters. The lowest BCUT2D eigenvalue weighted by Gasteiger charge is -2.22. The number of aliphatic imine (C=N–C) groups is 2. The van der Waals surface area contributed by atoms with Crippen LogP contribution in [0.2, 0.25) is 0 Å². The lowest BCUT2D eigenvalue weighted by molar-refractivity contribution is -0.140. The molecule has 0 saturated heterocycles. The van der Waals surface area contributed by atoms with Gasteiger partial charge in [0.25, 0.3) is 0 Å². The van der Waals surface area contributed by atoms with Crippen molar-refractivity contribution >= 4 is 52.6 Å². The van der Waals surface area contributed by atoms with Crippen molar-refractivity contribution < 1.29 is 43.7 Å². The number of fused-ring (bicyclic) bond motifs is 1. The standard InChI is InChI=1S/C11H21NO4.C10H9NO2.2C6H14N4O2/c1-7(2)6-8(9(13)14)12-10(15)16-11(3,4)5;1-6-4-10(12)13-9-5-7(11)2-3-8(6)9;2*7-4(5(11)12)2-1-3-10-6(8)9/h7-8H,6H2,1-5H3,(H,12,15)(H,13,14);2-5H,11H2,1H3;2*4H,1-3,7H2,(H,11,12)(H4,8,9,10)/t8-;;2*4-/m0.00/s1. The average Bonchev–Trinajstić information content (AvgIpc) is 3.00. The Morgan fingerprint density at radius 2 is 1.32 bits per heavy atom.